The van der Waals surface area contributed by atoms with E-state index in [1.54, 1.807) is 0 Å². The number of rotatable bonds is 16. The predicted molar refractivity (Wildman–Crippen MR) is 152 cm³/mol. The lowest BCUT2D eigenvalue weighted by atomic mass is 10.0. The molecule has 11 heteroatoms. The number of ketones is 1. The second-order valence-corrected chi connectivity index (χ2v) is 9.91. The summed E-state index contributed by atoms with van der Waals surface area (Å²) in [6.45, 7) is 5.08. The Morgan fingerprint density at radius 3 is 1.56 bits per heavy atom. The summed E-state index contributed by atoms with van der Waals surface area (Å²) in [5.74, 6) is -1.45. The van der Waals surface area contributed by atoms with Crippen molar-refractivity contribution in [1.82, 2.24) is 21.3 Å². The van der Waals surface area contributed by atoms with Gasteiger partial charge in [0.2, 0.25) is 11.8 Å². The molecule has 0 saturated carbocycles. The van der Waals surface area contributed by atoms with Crippen LogP contribution in [0.1, 0.15) is 51.2 Å². The van der Waals surface area contributed by atoms with E-state index in [-0.39, 0.29) is 32.2 Å². The highest BCUT2D eigenvalue weighted by molar-refractivity contribution is 5.93. The van der Waals surface area contributed by atoms with E-state index in [1.165, 1.54) is 0 Å². The molecule has 222 valence electrons. The van der Waals surface area contributed by atoms with Crippen LogP contribution in [0.25, 0.3) is 0 Å². The SMILES string of the molecule is CCC[C@H](NC(=O)OCc1ccccc1)C(=O)NCC(=O)CNC(=O)[C@H](CC(C)C)NC(=O)OCc1ccccc1. The summed E-state index contributed by atoms with van der Waals surface area (Å²) in [7, 11) is 0. The predicted octanol–water partition coefficient (Wildman–Crippen LogP) is 3.22. The van der Waals surface area contributed by atoms with Gasteiger partial charge in [0.15, 0.2) is 5.78 Å². The zero-order chi connectivity index (χ0) is 30.0. The highest BCUT2D eigenvalue weighted by Crippen LogP contribution is 2.07. The van der Waals surface area contributed by atoms with Crippen molar-refractivity contribution >= 4 is 29.8 Å². The van der Waals surface area contributed by atoms with Crippen molar-refractivity contribution in [3.8, 4) is 0 Å². The quantitative estimate of drug-likeness (QED) is 0.243. The standard InChI is InChI=1S/C30H40N4O7/c1-4-11-25(33-29(38)40-19-22-12-7-5-8-13-22)27(36)31-17-24(35)18-32-28(37)26(16-21(2)3)34-30(39)41-20-23-14-9-6-10-15-23/h5-10,12-15,21,25-26H,4,11,16-20H2,1-3H3,(H,31,36)(H,32,37)(H,33,38)(H,34,39)/t25-,26-/m0/s1. The number of amides is 4. The Labute approximate surface area is 240 Å². The van der Waals surface area contributed by atoms with E-state index in [0.717, 1.165) is 11.1 Å². The minimum absolute atomic E-state index is 0.0551. The molecule has 0 aliphatic heterocycles. The van der Waals surface area contributed by atoms with Gasteiger partial charge < -0.3 is 30.7 Å². The second kappa shape index (κ2) is 18.0. The summed E-state index contributed by atoms with van der Waals surface area (Å²) in [6.07, 6.45) is -0.196. The van der Waals surface area contributed by atoms with Crippen LogP contribution < -0.4 is 21.3 Å². The van der Waals surface area contributed by atoms with Crippen molar-refractivity contribution in [2.24, 2.45) is 5.92 Å². The first kappa shape index (κ1) is 32.8. The first-order valence-electron chi connectivity index (χ1n) is 13.7. The lowest BCUT2D eigenvalue weighted by molar-refractivity contribution is -0.128. The molecule has 2 aromatic rings. The van der Waals surface area contributed by atoms with Crippen LogP contribution >= 0.6 is 0 Å². The molecule has 0 spiro atoms. The monoisotopic (exact) mass is 568 g/mol. The third kappa shape index (κ3) is 13.5. The highest BCUT2D eigenvalue weighted by atomic mass is 16.6. The molecule has 0 fully saturated rings. The molecule has 0 aliphatic carbocycles. The Balaban J connectivity index is 1.77. The summed E-state index contributed by atoms with van der Waals surface area (Å²) in [6, 6.07) is 16.5. The average Bonchev–Trinajstić information content (AvgIpc) is 2.96. The molecule has 0 radical (unpaired) electrons. The van der Waals surface area contributed by atoms with Gasteiger partial charge in [-0.1, -0.05) is 87.9 Å². The fourth-order valence-electron chi connectivity index (χ4n) is 3.75. The molecule has 0 bridgehead atoms. The fraction of sp³-hybridized carbons (Fsp3) is 0.433. The van der Waals surface area contributed by atoms with Crippen molar-refractivity contribution < 1.29 is 33.4 Å². The Kier molecular flexibility index (Phi) is 14.4. The van der Waals surface area contributed by atoms with E-state index < -0.39 is 41.9 Å². The topological polar surface area (TPSA) is 152 Å². The van der Waals surface area contributed by atoms with Gasteiger partial charge in [0.05, 0.1) is 13.1 Å². The van der Waals surface area contributed by atoms with Gasteiger partial charge in [0, 0.05) is 0 Å². The van der Waals surface area contributed by atoms with Crippen LogP contribution in [0.2, 0.25) is 0 Å². The van der Waals surface area contributed by atoms with Crippen molar-refractivity contribution in [3.05, 3.63) is 71.8 Å². The molecule has 2 atom stereocenters. The fourth-order valence-corrected chi connectivity index (χ4v) is 3.75. The number of ether oxygens (including phenoxy) is 2. The van der Waals surface area contributed by atoms with Gasteiger partial charge in [-0.2, -0.15) is 0 Å². The number of carbonyl (C=O) groups excluding carboxylic acids is 5. The summed E-state index contributed by atoms with van der Waals surface area (Å²) in [5.41, 5.74) is 1.61. The van der Waals surface area contributed by atoms with Crippen LogP contribution in [0.3, 0.4) is 0 Å². The molecule has 11 nitrogen and oxygen atoms in total. The minimum Gasteiger partial charge on any atom is -0.445 e. The second-order valence-electron chi connectivity index (χ2n) is 9.91. The van der Waals surface area contributed by atoms with E-state index in [2.05, 4.69) is 21.3 Å². The molecule has 4 N–H and O–H groups in total. The third-order valence-corrected chi connectivity index (χ3v) is 5.85. The molecule has 0 aromatic heterocycles. The maximum absolute atomic E-state index is 12.7. The zero-order valence-corrected chi connectivity index (χ0v) is 23.8. The van der Waals surface area contributed by atoms with Gasteiger partial charge in [0.25, 0.3) is 0 Å². The molecule has 4 amide bonds. The van der Waals surface area contributed by atoms with E-state index >= 15 is 0 Å². The van der Waals surface area contributed by atoms with Gasteiger partial charge >= 0.3 is 12.2 Å². The van der Waals surface area contributed by atoms with Gasteiger partial charge in [-0.3, -0.25) is 14.4 Å². The number of Topliss-reactive ketones (excluding diaryl/α,β-unsaturated/α-hetero) is 1. The van der Waals surface area contributed by atoms with Gasteiger partial charge in [-0.15, -0.1) is 0 Å². The third-order valence-electron chi connectivity index (χ3n) is 5.85. The summed E-state index contributed by atoms with van der Waals surface area (Å²) in [4.78, 5) is 62.2. The van der Waals surface area contributed by atoms with E-state index in [1.807, 2.05) is 81.4 Å². The number of hydrogen-bond donors (Lipinski definition) is 4. The Hall–Kier alpha value is -4.41. The summed E-state index contributed by atoms with van der Waals surface area (Å²) in [5, 5.41) is 10.1. The van der Waals surface area contributed by atoms with Crippen molar-refractivity contribution in [2.45, 2.75) is 65.3 Å². The number of alkyl carbamates (subject to hydrolysis) is 2. The Bertz CT molecular complexity index is 1130. The van der Waals surface area contributed by atoms with Crippen LogP contribution in [0.15, 0.2) is 60.7 Å². The molecular formula is C30H40N4O7. The van der Waals surface area contributed by atoms with Gasteiger partial charge in [-0.25, -0.2) is 9.59 Å². The normalized spacial score (nSPS) is 12.0. The van der Waals surface area contributed by atoms with E-state index in [9.17, 15) is 24.0 Å². The average molecular weight is 569 g/mol. The minimum atomic E-state index is -0.902. The van der Waals surface area contributed by atoms with Gasteiger partial charge in [0.1, 0.15) is 25.3 Å². The first-order valence-corrected chi connectivity index (χ1v) is 13.7. The molecule has 0 unspecified atom stereocenters. The Morgan fingerprint density at radius 1 is 0.683 bits per heavy atom. The maximum Gasteiger partial charge on any atom is 0.408 e. The molecule has 2 aromatic carbocycles. The first-order chi connectivity index (χ1) is 19.7. The molecule has 41 heavy (non-hydrogen) atoms. The lowest BCUT2D eigenvalue weighted by Crippen LogP contribution is -2.50. The van der Waals surface area contributed by atoms with Crippen molar-refractivity contribution in [1.29, 1.82) is 0 Å². The number of nitrogens with one attached hydrogen (secondary N) is 4. The van der Waals surface area contributed by atoms with Gasteiger partial charge in [-0.05, 0) is 29.9 Å². The number of hydrogen-bond acceptors (Lipinski definition) is 7. The summed E-state index contributed by atoms with van der Waals surface area (Å²) >= 11 is 0. The molecule has 0 heterocycles. The zero-order valence-electron chi connectivity index (χ0n) is 23.8. The summed E-state index contributed by atoms with van der Waals surface area (Å²) < 4.78 is 10.4. The smallest absolute Gasteiger partial charge is 0.408 e. The molecule has 0 aliphatic rings. The van der Waals surface area contributed by atoms with Crippen molar-refractivity contribution in [2.75, 3.05) is 13.1 Å². The molecule has 0 saturated heterocycles. The molecular weight excluding hydrogens is 528 g/mol. The van der Waals surface area contributed by atoms with Crippen LogP contribution in [0, 0.1) is 5.92 Å². The van der Waals surface area contributed by atoms with Crippen LogP contribution in [0.5, 0.6) is 0 Å². The van der Waals surface area contributed by atoms with Crippen molar-refractivity contribution in [3.63, 3.8) is 0 Å². The van der Waals surface area contributed by atoms with E-state index in [0.29, 0.717) is 19.3 Å². The van der Waals surface area contributed by atoms with Crippen LogP contribution in [-0.2, 0) is 37.1 Å². The number of carbonyl (C=O) groups is 5. The lowest BCUT2D eigenvalue weighted by Gasteiger charge is -2.20. The number of benzene rings is 2. The Morgan fingerprint density at radius 2 is 1.12 bits per heavy atom. The highest BCUT2D eigenvalue weighted by Gasteiger charge is 2.24. The largest absolute Gasteiger partial charge is 0.445 e. The van der Waals surface area contributed by atoms with Crippen LogP contribution in [-0.4, -0.2) is 55.0 Å². The van der Waals surface area contributed by atoms with Crippen LogP contribution in [0.4, 0.5) is 9.59 Å². The maximum atomic E-state index is 12.7. The molecule has 2 rings (SSSR count). The van der Waals surface area contributed by atoms with E-state index in [4.69, 9.17) is 9.47 Å².